The molecule has 0 bridgehead atoms. The van der Waals surface area contributed by atoms with E-state index in [4.69, 9.17) is 12.2 Å². The van der Waals surface area contributed by atoms with E-state index in [1.807, 2.05) is 17.8 Å². The topological polar surface area (TPSA) is 0 Å². The average Bonchev–Trinajstić information content (AvgIpc) is 1.69. The van der Waals surface area contributed by atoms with Gasteiger partial charge in [0.15, 0.2) is 0 Å². The Balaban J connectivity index is 2.51. The van der Waals surface area contributed by atoms with Gasteiger partial charge in [-0.25, -0.2) is 0 Å². The molecule has 0 saturated heterocycles. The highest BCUT2D eigenvalue weighted by Gasteiger charge is 1.95. The van der Waals surface area contributed by atoms with Gasteiger partial charge in [0, 0.05) is 10.6 Å². The number of rotatable bonds is 0. The maximum Gasteiger partial charge on any atom is 0.0165 e. The van der Waals surface area contributed by atoms with Crippen molar-refractivity contribution in [2.24, 2.45) is 0 Å². The van der Waals surface area contributed by atoms with Gasteiger partial charge in [0.05, 0.1) is 0 Å². The lowest BCUT2D eigenvalue weighted by Crippen LogP contribution is -1.93. The van der Waals surface area contributed by atoms with Crippen LogP contribution in [0.2, 0.25) is 0 Å². The molecule has 0 aromatic carbocycles. The first-order valence-corrected chi connectivity index (χ1v) is 3.66. The Morgan fingerprint density at radius 2 is 2.57 bits per heavy atom. The molecule has 38 valence electrons. The molecule has 1 aliphatic heterocycles. The summed E-state index contributed by atoms with van der Waals surface area (Å²) in [7, 11) is 0. The molecule has 0 unspecified atom stereocenters. The van der Waals surface area contributed by atoms with E-state index in [0.29, 0.717) is 0 Å². The van der Waals surface area contributed by atoms with Crippen molar-refractivity contribution < 1.29 is 0 Å². The van der Waals surface area contributed by atoms with Crippen LogP contribution in [0.5, 0.6) is 0 Å². The molecule has 0 N–H and O–H groups in total. The van der Waals surface area contributed by atoms with Crippen molar-refractivity contribution in [2.75, 3.05) is 5.75 Å². The van der Waals surface area contributed by atoms with Crippen molar-refractivity contribution in [2.45, 2.75) is 6.42 Å². The van der Waals surface area contributed by atoms with E-state index in [-0.39, 0.29) is 0 Å². The Morgan fingerprint density at radius 1 is 1.71 bits per heavy atom. The number of thioether (sulfide) groups is 1. The Morgan fingerprint density at radius 3 is 2.86 bits per heavy atom. The van der Waals surface area contributed by atoms with Gasteiger partial charge in [-0.2, -0.15) is 0 Å². The van der Waals surface area contributed by atoms with Crippen LogP contribution < -0.4 is 0 Å². The normalized spacial score (nSPS) is 20.3. The first-order chi connectivity index (χ1) is 3.39. The van der Waals surface area contributed by atoms with Crippen molar-refractivity contribution in [1.29, 1.82) is 0 Å². The molecule has 0 nitrogen and oxygen atoms in total. The summed E-state index contributed by atoms with van der Waals surface area (Å²) in [5.41, 5.74) is 0. The summed E-state index contributed by atoms with van der Waals surface area (Å²) in [5.74, 6) is 1.18. The lowest BCUT2D eigenvalue weighted by Gasteiger charge is -2.00. The van der Waals surface area contributed by atoms with Crippen molar-refractivity contribution >= 4 is 28.8 Å². The first-order valence-electron chi connectivity index (χ1n) is 2.20. The molecule has 1 aliphatic rings. The van der Waals surface area contributed by atoms with E-state index in [9.17, 15) is 0 Å². The minimum atomic E-state index is 1.09. The summed E-state index contributed by atoms with van der Waals surface area (Å²) in [6, 6.07) is 0. The molecular formula is C5H6S2. The zero-order chi connectivity index (χ0) is 5.11. The van der Waals surface area contributed by atoms with Gasteiger partial charge in [0.1, 0.15) is 0 Å². The van der Waals surface area contributed by atoms with Crippen LogP contribution in [-0.4, -0.2) is 10.6 Å². The van der Waals surface area contributed by atoms with Crippen LogP contribution in [0, 0.1) is 0 Å². The molecule has 0 saturated carbocycles. The zero-order valence-electron chi connectivity index (χ0n) is 3.89. The minimum absolute atomic E-state index is 1.09. The maximum atomic E-state index is 4.91. The third kappa shape index (κ3) is 1.61. The molecule has 0 fully saturated rings. The summed E-state index contributed by atoms with van der Waals surface area (Å²) in [5, 5.41) is 2.06. The summed E-state index contributed by atoms with van der Waals surface area (Å²) < 4.78 is 0. The van der Waals surface area contributed by atoms with Gasteiger partial charge in [-0.15, -0.1) is 11.8 Å². The lowest BCUT2D eigenvalue weighted by molar-refractivity contribution is 1.35. The molecular weight excluding hydrogens is 124 g/mol. The fourth-order valence-corrected chi connectivity index (χ4v) is 1.55. The molecule has 0 aromatic heterocycles. The Bertz CT molecular complexity index is 105. The highest BCUT2D eigenvalue weighted by atomic mass is 32.2. The standard InChI is InChI=1S/C5H6S2/c6-5-1-3-7-4-2-5/h1,3H,2,4H2. The second kappa shape index (κ2) is 2.48. The highest BCUT2D eigenvalue weighted by Crippen LogP contribution is 2.11. The largest absolute Gasteiger partial charge is 0.134 e. The summed E-state index contributed by atoms with van der Waals surface area (Å²) in [6.45, 7) is 0. The smallest absolute Gasteiger partial charge is 0.0165 e. The van der Waals surface area contributed by atoms with Crippen molar-refractivity contribution in [3.05, 3.63) is 11.5 Å². The number of allylic oxidation sites excluding steroid dienone is 1. The molecule has 0 radical (unpaired) electrons. The molecule has 2 heteroatoms. The molecule has 0 amide bonds. The van der Waals surface area contributed by atoms with Crippen molar-refractivity contribution in [3.8, 4) is 0 Å². The second-order valence-electron chi connectivity index (χ2n) is 1.39. The number of thiocarbonyl (C=S) groups is 1. The minimum Gasteiger partial charge on any atom is -0.134 e. The Hall–Kier alpha value is 0.180. The van der Waals surface area contributed by atoms with Gasteiger partial charge >= 0.3 is 0 Å². The Kier molecular flexibility index (Phi) is 1.88. The predicted octanol–water partition coefficient (Wildman–Crippen LogP) is 2.01. The van der Waals surface area contributed by atoms with Crippen LogP contribution in [0.1, 0.15) is 6.42 Å². The molecule has 1 rings (SSSR count). The van der Waals surface area contributed by atoms with Gasteiger partial charge < -0.3 is 0 Å². The van der Waals surface area contributed by atoms with Gasteiger partial charge in [-0.05, 0) is 17.9 Å². The summed E-state index contributed by atoms with van der Waals surface area (Å²) in [4.78, 5) is 1.10. The fraction of sp³-hybridized carbons (Fsp3) is 0.400. The van der Waals surface area contributed by atoms with E-state index in [1.54, 1.807) is 0 Å². The third-order valence-corrected chi connectivity index (χ3v) is 1.93. The first kappa shape index (κ1) is 5.32. The second-order valence-corrected chi connectivity index (χ2v) is 2.93. The molecule has 0 aromatic rings. The average molecular weight is 130 g/mol. The number of hydrogen-bond donors (Lipinski definition) is 0. The van der Waals surface area contributed by atoms with Crippen LogP contribution in [-0.2, 0) is 0 Å². The Labute approximate surface area is 53.0 Å². The predicted molar refractivity (Wildman–Crippen MR) is 38.8 cm³/mol. The summed E-state index contributed by atoms with van der Waals surface area (Å²) >= 11 is 6.74. The van der Waals surface area contributed by atoms with Gasteiger partial charge in [0.25, 0.3) is 0 Å². The van der Waals surface area contributed by atoms with Crippen molar-refractivity contribution in [3.63, 3.8) is 0 Å². The fourth-order valence-electron chi connectivity index (χ4n) is 0.435. The van der Waals surface area contributed by atoms with Crippen LogP contribution >= 0.6 is 24.0 Å². The van der Waals surface area contributed by atoms with E-state index >= 15 is 0 Å². The molecule has 0 atom stereocenters. The maximum absolute atomic E-state index is 4.91. The van der Waals surface area contributed by atoms with Crippen LogP contribution in [0.4, 0.5) is 0 Å². The zero-order valence-corrected chi connectivity index (χ0v) is 5.52. The van der Waals surface area contributed by atoms with Crippen LogP contribution in [0.15, 0.2) is 11.5 Å². The van der Waals surface area contributed by atoms with Gasteiger partial charge in [-0.1, -0.05) is 12.2 Å². The van der Waals surface area contributed by atoms with E-state index in [0.717, 1.165) is 11.3 Å². The van der Waals surface area contributed by atoms with Gasteiger partial charge in [-0.3, -0.25) is 0 Å². The SMILES string of the molecule is S=C1C=CSCC1. The monoisotopic (exact) mass is 130 g/mol. The summed E-state index contributed by atoms with van der Waals surface area (Å²) in [6.07, 6.45) is 3.10. The molecule has 0 spiro atoms. The number of hydrogen-bond acceptors (Lipinski definition) is 2. The van der Waals surface area contributed by atoms with Crippen LogP contribution in [0.25, 0.3) is 0 Å². The van der Waals surface area contributed by atoms with E-state index < -0.39 is 0 Å². The molecule has 0 aliphatic carbocycles. The van der Waals surface area contributed by atoms with E-state index in [1.165, 1.54) is 5.75 Å². The van der Waals surface area contributed by atoms with Crippen LogP contribution in [0.3, 0.4) is 0 Å². The van der Waals surface area contributed by atoms with Crippen molar-refractivity contribution in [1.82, 2.24) is 0 Å². The lowest BCUT2D eigenvalue weighted by atomic mass is 10.3. The van der Waals surface area contributed by atoms with E-state index in [2.05, 4.69) is 5.41 Å². The highest BCUT2D eigenvalue weighted by molar-refractivity contribution is 8.02. The quantitative estimate of drug-likeness (QED) is 0.460. The molecule has 1 heterocycles. The van der Waals surface area contributed by atoms with Gasteiger partial charge in [0.2, 0.25) is 0 Å². The molecule has 7 heavy (non-hydrogen) atoms. The third-order valence-electron chi connectivity index (χ3n) is 0.816.